The van der Waals surface area contributed by atoms with Gasteiger partial charge in [0.1, 0.15) is 12.4 Å². The van der Waals surface area contributed by atoms with Gasteiger partial charge in [0.2, 0.25) is 6.41 Å². The Balaban J connectivity index is 2.21. The summed E-state index contributed by atoms with van der Waals surface area (Å²) >= 11 is 0. The molecule has 0 radical (unpaired) electrons. The number of carbonyl (C=O) groups excluding carboxylic acids is 2. The summed E-state index contributed by atoms with van der Waals surface area (Å²) in [6, 6.07) is 4.77. The number of fused-ring (bicyclic) bond motifs is 1. The fraction of sp³-hybridized carbons (Fsp3) is 0.409. The first-order valence-corrected chi connectivity index (χ1v) is 9.88. The Labute approximate surface area is 180 Å². The number of benzene rings is 1. The van der Waals surface area contributed by atoms with Gasteiger partial charge in [0.25, 0.3) is 5.91 Å². The second-order valence-corrected chi connectivity index (χ2v) is 7.63. The van der Waals surface area contributed by atoms with Crippen LogP contribution in [0.5, 0.6) is 5.75 Å². The molecule has 1 aromatic carbocycles. The van der Waals surface area contributed by atoms with E-state index in [4.69, 9.17) is 4.74 Å². The number of ether oxygens (including phenoxy) is 1. The standard InChI is InChI=1S/C22H28F2N4O3/c1-6-7-17(12-27(5)14-29)28-20-9-8-18(10-16(20)11-25-28)31-13-19(15(2)3)26-21(30)22(4,23)24/h6-12,14-15,19H,13H2,1-5H3,(H,26,30)/b7-6-,17-12+. The molecule has 9 heteroatoms. The van der Waals surface area contributed by atoms with Crippen LogP contribution in [0.4, 0.5) is 8.78 Å². The first-order chi connectivity index (χ1) is 14.6. The predicted octanol–water partition coefficient (Wildman–Crippen LogP) is 3.67. The monoisotopic (exact) mass is 434 g/mol. The van der Waals surface area contributed by atoms with Crippen LogP contribution in [-0.2, 0) is 9.59 Å². The quantitative estimate of drug-likeness (QED) is 0.457. The third-order valence-electron chi connectivity index (χ3n) is 4.57. The van der Waals surface area contributed by atoms with E-state index in [0.717, 1.165) is 10.9 Å². The maximum Gasteiger partial charge on any atom is 0.321 e. The highest BCUT2D eigenvalue weighted by atomic mass is 19.3. The van der Waals surface area contributed by atoms with Gasteiger partial charge in [-0.1, -0.05) is 19.9 Å². The van der Waals surface area contributed by atoms with Gasteiger partial charge in [-0.3, -0.25) is 9.59 Å². The summed E-state index contributed by atoms with van der Waals surface area (Å²) < 4.78 is 33.9. The van der Waals surface area contributed by atoms with Crippen molar-refractivity contribution in [2.75, 3.05) is 13.7 Å². The summed E-state index contributed by atoms with van der Waals surface area (Å²) in [6.07, 6.45) is 7.69. The van der Waals surface area contributed by atoms with Gasteiger partial charge < -0.3 is 15.0 Å². The molecule has 168 valence electrons. The topological polar surface area (TPSA) is 76.5 Å². The highest BCUT2D eigenvalue weighted by molar-refractivity contribution is 5.84. The number of hydrogen-bond acceptors (Lipinski definition) is 4. The second kappa shape index (κ2) is 10.2. The number of allylic oxidation sites excluding steroid dienone is 3. The number of alkyl halides is 2. The van der Waals surface area contributed by atoms with Gasteiger partial charge in [-0.15, -0.1) is 0 Å². The molecular weight excluding hydrogens is 406 g/mol. The van der Waals surface area contributed by atoms with Crippen molar-refractivity contribution in [2.24, 2.45) is 5.92 Å². The van der Waals surface area contributed by atoms with Crippen molar-refractivity contribution >= 4 is 28.9 Å². The van der Waals surface area contributed by atoms with Crippen LogP contribution >= 0.6 is 0 Å². The van der Waals surface area contributed by atoms with Crippen molar-refractivity contribution in [3.8, 4) is 5.75 Å². The van der Waals surface area contributed by atoms with E-state index in [2.05, 4.69) is 10.4 Å². The Kier molecular flexibility index (Phi) is 7.90. The number of nitrogens with zero attached hydrogens (tertiary/aromatic N) is 3. The largest absolute Gasteiger partial charge is 0.491 e. The number of rotatable bonds is 10. The summed E-state index contributed by atoms with van der Waals surface area (Å²) in [5, 5.41) is 7.53. The van der Waals surface area contributed by atoms with E-state index < -0.39 is 17.9 Å². The molecule has 0 aliphatic carbocycles. The molecule has 1 N–H and O–H groups in total. The van der Waals surface area contributed by atoms with Gasteiger partial charge in [-0.05, 0) is 37.1 Å². The molecule has 1 heterocycles. The van der Waals surface area contributed by atoms with Crippen molar-refractivity contribution in [3.05, 3.63) is 42.7 Å². The summed E-state index contributed by atoms with van der Waals surface area (Å²) in [7, 11) is 1.63. The van der Waals surface area contributed by atoms with E-state index in [9.17, 15) is 18.4 Å². The van der Waals surface area contributed by atoms with Crippen LogP contribution in [0.1, 0.15) is 27.7 Å². The van der Waals surface area contributed by atoms with E-state index in [1.54, 1.807) is 36.3 Å². The number of amides is 2. The normalized spacial score (nSPS) is 13.6. The molecule has 31 heavy (non-hydrogen) atoms. The third-order valence-corrected chi connectivity index (χ3v) is 4.57. The smallest absolute Gasteiger partial charge is 0.321 e. The van der Waals surface area contributed by atoms with Crippen LogP contribution in [0, 0.1) is 5.92 Å². The molecule has 2 amide bonds. The zero-order valence-electron chi connectivity index (χ0n) is 18.3. The van der Waals surface area contributed by atoms with Crippen LogP contribution in [0.15, 0.2) is 42.7 Å². The second-order valence-electron chi connectivity index (χ2n) is 7.63. The third kappa shape index (κ3) is 6.37. The van der Waals surface area contributed by atoms with Crippen LogP contribution in [0.2, 0.25) is 0 Å². The van der Waals surface area contributed by atoms with Crippen molar-refractivity contribution in [3.63, 3.8) is 0 Å². The Morgan fingerprint density at radius 1 is 1.39 bits per heavy atom. The van der Waals surface area contributed by atoms with Gasteiger partial charge in [-0.2, -0.15) is 13.9 Å². The predicted molar refractivity (Wildman–Crippen MR) is 116 cm³/mol. The minimum atomic E-state index is -3.45. The van der Waals surface area contributed by atoms with Gasteiger partial charge >= 0.3 is 5.92 Å². The molecule has 0 bridgehead atoms. The zero-order valence-corrected chi connectivity index (χ0v) is 18.3. The number of hydrogen-bond donors (Lipinski definition) is 1. The molecule has 1 aromatic heterocycles. The van der Waals surface area contributed by atoms with Crippen LogP contribution in [0.3, 0.4) is 0 Å². The van der Waals surface area contributed by atoms with Crippen molar-refractivity contribution in [1.82, 2.24) is 20.0 Å². The Morgan fingerprint density at radius 3 is 2.68 bits per heavy atom. The van der Waals surface area contributed by atoms with E-state index in [-0.39, 0.29) is 12.5 Å². The fourth-order valence-electron chi connectivity index (χ4n) is 2.77. The van der Waals surface area contributed by atoms with Gasteiger partial charge in [-0.25, -0.2) is 4.68 Å². The first kappa shape index (κ1) is 24.0. The molecule has 1 unspecified atom stereocenters. The lowest BCUT2D eigenvalue weighted by molar-refractivity contribution is -0.144. The number of carbonyl (C=O) groups is 2. The minimum Gasteiger partial charge on any atom is -0.491 e. The van der Waals surface area contributed by atoms with E-state index in [1.807, 2.05) is 39.0 Å². The first-order valence-electron chi connectivity index (χ1n) is 9.88. The lowest BCUT2D eigenvalue weighted by Gasteiger charge is -2.24. The molecule has 0 saturated heterocycles. The Hall–Kier alpha value is -3.23. The van der Waals surface area contributed by atoms with Crippen LogP contribution in [0.25, 0.3) is 16.6 Å². The van der Waals surface area contributed by atoms with Crippen molar-refractivity contribution < 1.29 is 23.1 Å². The fourth-order valence-corrected chi connectivity index (χ4v) is 2.77. The molecular formula is C22H28F2N4O3. The minimum absolute atomic E-state index is 0.0486. The molecule has 0 fully saturated rings. The van der Waals surface area contributed by atoms with Crippen LogP contribution < -0.4 is 10.1 Å². The van der Waals surface area contributed by atoms with Crippen molar-refractivity contribution in [1.29, 1.82) is 0 Å². The van der Waals surface area contributed by atoms with E-state index >= 15 is 0 Å². The van der Waals surface area contributed by atoms with Gasteiger partial charge in [0.15, 0.2) is 0 Å². The highest BCUT2D eigenvalue weighted by Gasteiger charge is 2.34. The molecule has 7 nitrogen and oxygen atoms in total. The Bertz CT molecular complexity index is 977. The molecule has 0 spiro atoms. The highest BCUT2D eigenvalue weighted by Crippen LogP contribution is 2.24. The SMILES string of the molecule is C/C=C\C(=C/N(C)C=O)n1ncc2cc(OCC(NC(=O)C(C)(F)F)C(C)C)ccc21. The van der Waals surface area contributed by atoms with E-state index in [1.165, 1.54) is 4.90 Å². The lowest BCUT2D eigenvalue weighted by atomic mass is 10.1. The summed E-state index contributed by atoms with van der Waals surface area (Å²) in [6.45, 7) is 6.12. The molecule has 0 aliphatic heterocycles. The molecule has 2 rings (SSSR count). The maximum absolute atomic E-state index is 13.2. The summed E-state index contributed by atoms with van der Waals surface area (Å²) in [5.41, 5.74) is 1.50. The number of halogens is 2. The average Bonchev–Trinajstić information content (AvgIpc) is 3.12. The Morgan fingerprint density at radius 2 is 2.10 bits per heavy atom. The summed E-state index contributed by atoms with van der Waals surface area (Å²) in [5.74, 6) is -4.34. The van der Waals surface area contributed by atoms with Crippen LogP contribution in [-0.4, -0.2) is 52.6 Å². The van der Waals surface area contributed by atoms with E-state index in [0.29, 0.717) is 24.8 Å². The number of nitrogens with one attached hydrogen (secondary N) is 1. The maximum atomic E-state index is 13.2. The lowest BCUT2D eigenvalue weighted by Crippen LogP contribution is -2.48. The zero-order chi connectivity index (χ0) is 23.2. The number of aromatic nitrogens is 2. The van der Waals surface area contributed by atoms with Gasteiger partial charge in [0, 0.05) is 25.6 Å². The molecule has 2 aromatic rings. The average molecular weight is 434 g/mol. The van der Waals surface area contributed by atoms with Crippen molar-refractivity contribution in [2.45, 2.75) is 39.7 Å². The van der Waals surface area contributed by atoms with Gasteiger partial charge in [0.05, 0.1) is 23.5 Å². The summed E-state index contributed by atoms with van der Waals surface area (Å²) in [4.78, 5) is 24.0. The molecule has 0 saturated carbocycles. The molecule has 0 aliphatic rings. The molecule has 1 atom stereocenters.